The minimum atomic E-state index is 0.682. The predicted molar refractivity (Wildman–Crippen MR) is 107 cm³/mol. The van der Waals surface area contributed by atoms with Crippen molar-refractivity contribution in [3.05, 3.63) is 58.6 Å². The average Bonchev–Trinajstić information content (AvgIpc) is 3.32. The van der Waals surface area contributed by atoms with Crippen molar-refractivity contribution in [2.75, 3.05) is 0 Å². The van der Waals surface area contributed by atoms with Gasteiger partial charge in [0.25, 0.3) is 0 Å². The van der Waals surface area contributed by atoms with Gasteiger partial charge < -0.3 is 4.57 Å². The molecule has 2 aromatic heterocycles. The largest absolute Gasteiger partial charge is 0.345 e. The first-order chi connectivity index (χ1) is 13.1. The van der Waals surface area contributed by atoms with E-state index in [4.69, 9.17) is 16.6 Å². The van der Waals surface area contributed by atoms with Gasteiger partial charge in [-0.25, -0.2) is 15.0 Å². The van der Waals surface area contributed by atoms with Gasteiger partial charge in [-0.05, 0) is 31.2 Å². The molecule has 2 aliphatic heterocycles. The Kier molecular flexibility index (Phi) is 3.73. The molecule has 6 nitrogen and oxygen atoms in total. The number of aromatic nitrogens is 6. The van der Waals surface area contributed by atoms with Crippen LogP contribution in [0.25, 0.3) is 33.0 Å². The molecule has 0 saturated carbocycles. The first kappa shape index (κ1) is 16.4. The lowest BCUT2D eigenvalue weighted by Gasteiger charge is -2.05. The maximum atomic E-state index is 6.07. The molecule has 1 aromatic carbocycles. The maximum Gasteiger partial charge on any atom is 0.164 e. The molecule has 0 spiro atoms. The lowest BCUT2D eigenvalue weighted by Crippen LogP contribution is -2.00. The Labute approximate surface area is 164 Å². The summed E-state index contributed by atoms with van der Waals surface area (Å²) in [4.78, 5) is 14.0. The van der Waals surface area contributed by atoms with Gasteiger partial charge in [-0.3, -0.25) is 4.68 Å². The number of thiazole rings is 1. The van der Waals surface area contributed by atoms with Crippen LogP contribution >= 0.6 is 22.9 Å². The standard InChI is InChI=1S/C19H15ClN6S/c1-11-13(8-21-25(11)2)19-23-14-5-6-26(9-16(14)24-19)10-18-22-15-4-3-12(20)7-17(15)27-18/h3-9H,10H2,1-2H3. The number of benzene rings is 1. The summed E-state index contributed by atoms with van der Waals surface area (Å²) in [6, 6.07) is 7.77. The van der Waals surface area contributed by atoms with Crippen LogP contribution in [0.5, 0.6) is 0 Å². The van der Waals surface area contributed by atoms with Crippen LogP contribution in [-0.4, -0.2) is 29.3 Å². The SMILES string of the molecule is Cc1c(-c2nc3ccn(Cc4nc5ccc(Cl)cc5s4)cc-3n2)cnn1C. The molecule has 0 atom stereocenters. The van der Waals surface area contributed by atoms with E-state index in [0.29, 0.717) is 12.4 Å². The van der Waals surface area contributed by atoms with Crippen molar-refractivity contribution in [3.63, 3.8) is 0 Å². The second kappa shape index (κ2) is 6.14. The van der Waals surface area contributed by atoms with Crippen LogP contribution in [0.1, 0.15) is 10.7 Å². The lowest BCUT2D eigenvalue weighted by atomic mass is 10.2. The van der Waals surface area contributed by atoms with Crippen molar-refractivity contribution in [1.82, 2.24) is 29.3 Å². The van der Waals surface area contributed by atoms with Crippen molar-refractivity contribution in [2.45, 2.75) is 13.5 Å². The summed E-state index contributed by atoms with van der Waals surface area (Å²) in [5, 5.41) is 6.04. The third kappa shape index (κ3) is 2.89. The molecule has 0 fully saturated rings. The monoisotopic (exact) mass is 394 g/mol. The molecule has 5 rings (SSSR count). The molecule has 0 amide bonds. The molecule has 0 N–H and O–H groups in total. The molecule has 0 radical (unpaired) electrons. The van der Waals surface area contributed by atoms with Gasteiger partial charge in [0.2, 0.25) is 0 Å². The van der Waals surface area contributed by atoms with Gasteiger partial charge in [0.1, 0.15) is 10.7 Å². The molecular formula is C19H15ClN6S. The second-order valence-corrected chi connectivity index (χ2v) is 7.97. The average molecular weight is 395 g/mol. The van der Waals surface area contributed by atoms with E-state index in [-0.39, 0.29) is 0 Å². The fourth-order valence-corrected chi connectivity index (χ4v) is 4.31. The highest BCUT2D eigenvalue weighted by Gasteiger charge is 2.16. The topological polar surface area (TPSA) is 61.4 Å². The van der Waals surface area contributed by atoms with Crippen molar-refractivity contribution in [2.24, 2.45) is 7.05 Å². The first-order valence-electron chi connectivity index (χ1n) is 8.44. The van der Waals surface area contributed by atoms with Gasteiger partial charge in [-0.1, -0.05) is 11.6 Å². The zero-order chi connectivity index (χ0) is 18.5. The summed E-state index contributed by atoms with van der Waals surface area (Å²) in [6.07, 6.45) is 5.83. The van der Waals surface area contributed by atoms with Crippen LogP contribution in [0.2, 0.25) is 5.02 Å². The van der Waals surface area contributed by atoms with Crippen molar-refractivity contribution >= 4 is 33.2 Å². The molecule has 4 heterocycles. The highest BCUT2D eigenvalue weighted by Crippen LogP contribution is 2.28. The van der Waals surface area contributed by atoms with E-state index in [2.05, 4.69) is 19.6 Å². The zero-order valence-electron chi connectivity index (χ0n) is 14.7. The van der Waals surface area contributed by atoms with E-state index in [0.717, 1.165) is 42.9 Å². The molecule has 134 valence electrons. The minimum Gasteiger partial charge on any atom is -0.345 e. The molecule has 27 heavy (non-hydrogen) atoms. The molecule has 2 aliphatic rings. The van der Waals surface area contributed by atoms with Crippen LogP contribution in [0, 0.1) is 6.92 Å². The Morgan fingerprint density at radius 1 is 1.11 bits per heavy atom. The molecular weight excluding hydrogens is 380 g/mol. The zero-order valence-corrected chi connectivity index (χ0v) is 16.3. The summed E-state index contributed by atoms with van der Waals surface area (Å²) in [6.45, 7) is 2.70. The third-order valence-electron chi connectivity index (χ3n) is 4.62. The number of halogens is 1. The summed E-state index contributed by atoms with van der Waals surface area (Å²) in [7, 11) is 1.92. The van der Waals surface area contributed by atoms with Crippen molar-refractivity contribution < 1.29 is 0 Å². The Bertz CT molecular complexity index is 1250. The molecule has 0 unspecified atom stereocenters. The minimum absolute atomic E-state index is 0.682. The van der Waals surface area contributed by atoms with E-state index in [1.807, 2.05) is 61.5 Å². The van der Waals surface area contributed by atoms with Gasteiger partial charge in [0, 0.05) is 30.2 Å². The number of hydrogen-bond acceptors (Lipinski definition) is 5. The number of imidazole rings is 1. The normalized spacial score (nSPS) is 11.7. The van der Waals surface area contributed by atoms with Gasteiger partial charge >= 0.3 is 0 Å². The number of aryl methyl sites for hydroxylation is 1. The summed E-state index contributed by atoms with van der Waals surface area (Å²) in [5.74, 6) is 0.711. The van der Waals surface area contributed by atoms with Gasteiger partial charge in [0.05, 0.1) is 34.2 Å². The van der Waals surface area contributed by atoms with Crippen LogP contribution in [0.3, 0.4) is 0 Å². The van der Waals surface area contributed by atoms with Crippen LogP contribution < -0.4 is 0 Å². The quantitative estimate of drug-likeness (QED) is 0.455. The van der Waals surface area contributed by atoms with E-state index in [1.54, 1.807) is 11.3 Å². The van der Waals surface area contributed by atoms with E-state index >= 15 is 0 Å². The van der Waals surface area contributed by atoms with E-state index in [1.165, 1.54) is 0 Å². The number of nitrogens with zero attached hydrogens (tertiary/aromatic N) is 6. The first-order valence-corrected chi connectivity index (χ1v) is 9.64. The second-order valence-electron chi connectivity index (χ2n) is 6.42. The summed E-state index contributed by atoms with van der Waals surface area (Å²) < 4.78 is 5.01. The van der Waals surface area contributed by atoms with Crippen molar-refractivity contribution in [1.29, 1.82) is 0 Å². The van der Waals surface area contributed by atoms with E-state index < -0.39 is 0 Å². The highest BCUT2D eigenvalue weighted by atomic mass is 35.5. The third-order valence-corrected chi connectivity index (χ3v) is 5.85. The highest BCUT2D eigenvalue weighted by molar-refractivity contribution is 7.18. The smallest absolute Gasteiger partial charge is 0.164 e. The number of fused-ring (bicyclic) bond motifs is 2. The van der Waals surface area contributed by atoms with Gasteiger partial charge in [0.15, 0.2) is 5.82 Å². The maximum absolute atomic E-state index is 6.07. The number of hydrogen-bond donors (Lipinski definition) is 0. The van der Waals surface area contributed by atoms with Crippen molar-refractivity contribution in [3.8, 4) is 22.8 Å². The fraction of sp³-hybridized carbons (Fsp3) is 0.158. The number of pyridine rings is 1. The molecule has 0 bridgehead atoms. The molecule has 0 saturated heterocycles. The lowest BCUT2D eigenvalue weighted by molar-refractivity contribution is 0.740. The molecule has 0 aliphatic carbocycles. The van der Waals surface area contributed by atoms with Gasteiger partial charge in [-0.2, -0.15) is 5.10 Å². The Balaban J connectivity index is 1.49. The Morgan fingerprint density at radius 3 is 2.78 bits per heavy atom. The van der Waals surface area contributed by atoms with Crippen LogP contribution in [-0.2, 0) is 13.6 Å². The Morgan fingerprint density at radius 2 is 1.96 bits per heavy atom. The molecule has 3 aromatic rings. The fourth-order valence-electron chi connectivity index (χ4n) is 3.06. The molecule has 8 heteroatoms. The summed E-state index contributed by atoms with van der Waals surface area (Å²) in [5.41, 5.74) is 4.72. The van der Waals surface area contributed by atoms with Gasteiger partial charge in [-0.15, -0.1) is 11.3 Å². The summed E-state index contributed by atoms with van der Waals surface area (Å²) >= 11 is 7.73. The van der Waals surface area contributed by atoms with Crippen LogP contribution in [0.4, 0.5) is 0 Å². The predicted octanol–water partition coefficient (Wildman–Crippen LogP) is 4.40. The number of rotatable bonds is 3. The van der Waals surface area contributed by atoms with E-state index in [9.17, 15) is 0 Å². The Hall–Kier alpha value is -2.77. The van der Waals surface area contributed by atoms with Crippen LogP contribution in [0.15, 0.2) is 42.9 Å².